The molecule has 0 aliphatic heterocycles. The van der Waals surface area contributed by atoms with Crippen LogP contribution in [0.15, 0.2) is 12.1 Å². The van der Waals surface area contributed by atoms with Crippen molar-refractivity contribution >= 4 is 23.5 Å². The predicted octanol–water partition coefficient (Wildman–Crippen LogP) is 2.23. The molecule has 0 fully saturated rings. The lowest BCUT2D eigenvalue weighted by Crippen LogP contribution is -2.38. The van der Waals surface area contributed by atoms with E-state index in [0.29, 0.717) is 17.8 Å². The van der Waals surface area contributed by atoms with E-state index in [1.54, 1.807) is 13.0 Å². The number of aromatic nitrogens is 1. The Morgan fingerprint density at radius 2 is 2.05 bits per heavy atom. The van der Waals surface area contributed by atoms with Gasteiger partial charge in [-0.1, -0.05) is 25.4 Å². The van der Waals surface area contributed by atoms with E-state index in [9.17, 15) is 9.59 Å². The lowest BCUT2D eigenvalue weighted by Gasteiger charge is -2.22. The first-order valence-corrected chi connectivity index (χ1v) is 6.32. The van der Waals surface area contributed by atoms with Crippen molar-refractivity contribution in [1.82, 2.24) is 9.88 Å². The molecule has 0 atom stereocenters. The highest BCUT2D eigenvalue weighted by atomic mass is 35.5. The van der Waals surface area contributed by atoms with Crippen LogP contribution in [0.4, 0.5) is 0 Å². The minimum atomic E-state index is -1.04. The van der Waals surface area contributed by atoms with Crippen molar-refractivity contribution in [3.05, 3.63) is 28.5 Å². The van der Waals surface area contributed by atoms with Crippen LogP contribution in [0.3, 0.4) is 0 Å². The molecular formula is C13H17ClN2O3. The molecule has 1 N–H and O–H groups in total. The molecule has 0 aromatic carbocycles. The lowest BCUT2D eigenvalue weighted by atomic mass is 10.1. The van der Waals surface area contributed by atoms with Crippen LogP contribution >= 0.6 is 11.6 Å². The zero-order valence-electron chi connectivity index (χ0n) is 11.2. The Kier molecular flexibility index (Phi) is 5.30. The summed E-state index contributed by atoms with van der Waals surface area (Å²) in [4.78, 5) is 28.4. The highest BCUT2D eigenvalue weighted by Gasteiger charge is 2.20. The fourth-order valence-electron chi connectivity index (χ4n) is 1.76. The van der Waals surface area contributed by atoms with Crippen molar-refractivity contribution in [2.45, 2.75) is 20.8 Å². The van der Waals surface area contributed by atoms with Gasteiger partial charge in [0.2, 0.25) is 0 Å². The highest BCUT2D eigenvalue weighted by molar-refractivity contribution is 6.29. The molecule has 0 aliphatic carbocycles. The van der Waals surface area contributed by atoms with Gasteiger partial charge in [-0.2, -0.15) is 0 Å². The molecule has 1 aromatic heterocycles. The van der Waals surface area contributed by atoms with Crippen LogP contribution in [0.1, 0.15) is 29.9 Å². The van der Waals surface area contributed by atoms with Crippen LogP contribution in [0.2, 0.25) is 5.15 Å². The number of aliphatic carboxylic acids is 1. The Labute approximate surface area is 117 Å². The molecule has 5 nitrogen and oxygen atoms in total. The van der Waals surface area contributed by atoms with E-state index < -0.39 is 5.97 Å². The van der Waals surface area contributed by atoms with Gasteiger partial charge in [-0.3, -0.25) is 9.59 Å². The number of nitrogens with zero attached hydrogens (tertiary/aromatic N) is 2. The molecule has 104 valence electrons. The van der Waals surface area contributed by atoms with E-state index in [1.165, 1.54) is 11.0 Å². The van der Waals surface area contributed by atoms with Gasteiger partial charge in [0.1, 0.15) is 11.7 Å². The van der Waals surface area contributed by atoms with Crippen LogP contribution in [0.25, 0.3) is 0 Å². The van der Waals surface area contributed by atoms with E-state index in [0.717, 1.165) is 0 Å². The third-order valence-electron chi connectivity index (χ3n) is 2.37. The molecule has 0 aliphatic rings. The maximum absolute atomic E-state index is 12.3. The number of carboxylic acid groups (broad SMARTS) is 1. The van der Waals surface area contributed by atoms with Gasteiger partial charge < -0.3 is 10.0 Å². The van der Waals surface area contributed by atoms with Gasteiger partial charge in [-0.15, -0.1) is 0 Å². The Morgan fingerprint density at radius 3 is 2.53 bits per heavy atom. The predicted molar refractivity (Wildman–Crippen MR) is 72.4 cm³/mol. The molecule has 0 saturated carbocycles. The average molecular weight is 285 g/mol. The lowest BCUT2D eigenvalue weighted by molar-refractivity contribution is -0.137. The van der Waals surface area contributed by atoms with Crippen LogP contribution in [0.5, 0.6) is 0 Å². The Hall–Kier alpha value is -1.62. The molecule has 1 amide bonds. The number of hydrogen-bond donors (Lipinski definition) is 1. The number of carboxylic acids is 1. The molecule has 19 heavy (non-hydrogen) atoms. The summed E-state index contributed by atoms with van der Waals surface area (Å²) < 4.78 is 0. The minimum Gasteiger partial charge on any atom is -0.480 e. The van der Waals surface area contributed by atoms with E-state index >= 15 is 0 Å². The summed E-state index contributed by atoms with van der Waals surface area (Å²) in [6.45, 7) is 5.63. The average Bonchev–Trinajstić information content (AvgIpc) is 2.24. The summed E-state index contributed by atoms with van der Waals surface area (Å²) in [5.74, 6) is -1.20. The van der Waals surface area contributed by atoms with Crippen LogP contribution < -0.4 is 0 Å². The topological polar surface area (TPSA) is 70.5 Å². The Morgan fingerprint density at radius 1 is 1.42 bits per heavy atom. The second-order valence-electron chi connectivity index (χ2n) is 4.79. The van der Waals surface area contributed by atoms with E-state index in [2.05, 4.69) is 4.98 Å². The van der Waals surface area contributed by atoms with Gasteiger partial charge in [0, 0.05) is 17.8 Å². The quantitative estimate of drug-likeness (QED) is 0.842. The first kappa shape index (κ1) is 15.4. The standard InChI is InChI=1S/C13H17ClN2O3/c1-8(2)6-16(7-12(17)18)13(19)10-4-9(3)15-11(14)5-10/h4-5,8H,6-7H2,1-3H3,(H,17,18). The summed E-state index contributed by atoms with van der Waals surface area (Å²) >= 11 is 5.81. The largest absolute Gasteiger partial charge is 0.480 e. The molecule has 0 unspecified atom stereocenters. The number of pyridine rings is 1. The molecule has 6 heteroatoms. The van der Waals surface area contributed by atoms with Crippen molar-refractivity contribution in [3.8, 4) is 0 Å². The number of carbonyl (C=O) groups is 2. The van der Waals surface area contributed by atoms with Crippen molar-refractivity contribution in [2.75, 3.05) is 13.1 Å². The second-order valence-corrected chi connectivity index (χ2v) is 5.18. The van der Waals surface area contributed by atoms with E-state index in [-0.39, 0.29) is 23.5 Å². The molecule has 1 aromatic rings. The second kappa shape index (κ2) is 6.52. The van der Waals surface area contributed by atoms with Crippen LogP contribution in [0, 0.1) is 12.8 Å². The number of rotatable bonds is 5. The fourth-order valence-corrected chi connectivity index (χ4v) is 2.01. The number of amides is 1. The Balaban J connectivity index is 3.00. The zero-order valence-corrected chi connectivity index (χ0v) is 11.9. The summed E-state index contributed by atoms with van der Waals surface area (Å²) in [7, 11) is 0. The summed E-state index contributed by atoms with van der Waals surface area (Å²) in [6.07, 6.45) is 0. The number of carbonyl (C=O) groups excluding carboxylic acids is 1. The third kappa shape index (κ3) is 4.87. The number of aryl methyl sites for hydroxylation is 1. The van der Waals surface area contributed by atoms with Gasteiger partial charge in [-0.05, 0) is 25.0 Å². The fraction of sp³-hybridized carbons (Fsp3) is 0.462. The Bertz CT molecular complexity index is 469. The zero-order chi connectivity index (χ0) is 14.6. The molecule has 0 radical (unpaired) electrons. The van der Waals surface area contributed by atoms with Gasteiger partial charge >= 0.3 is 5.97 Å². The van der Waals surface area contributed by atoms with Gasteiger partial charge in [-0.25, -0.2) is 4.98 Å². The van der Waals surface area contributed by atoms with Crippen molar-refractivity contribution in [2.24, 2.45) is 5.92 Å². The maximum atomic E-state index is 12.3. The third-order valence-corrected chi connectivity index (χ3v) is 2.56. The van der Waals surface area contributed by atoms with Crippen molar-refractivity contribution in [1.29, 1.82) is 0 Å². The SMILES string of the molecule is Cc1cc(C(=O)N(CC(=O)O)CC(C)C)cc(Cl)n1. The van der Waals surface area contributed by atoms with Gasteiger partial charge in [0.05, 0.1) is 0 Å². The first-order chi connectivity index (χ1) is 8.79. The van der Waals surface area contributed by atoms with Gasteiger partial charge in [0.15, 0.2) is 0 Å². The van der Waals surface area contributed by atoms with Crippen LogP contribution in [-0.4, -0.2) is 40.0 Å². The first-order valence-electron chi connectivity index (χ1n) is 5.95. The summed E-state index contributed by atoms with van der Waals surface area (Å²) in [5.41, 5.74) is 0.982. The van der Waals surface area contributed by atoms with Gasteiger partial charge in [0.25, 0.3) is 5.91 Å². The van der Waals surface area contributed by atoms with E-state index in [1.807, 2.05) is 13.8 Å². The number of halogens is 1. The molecule has 0 spiro atoms. The highest BCUT2D eigenvalue weighted by Crippen LogP contribution is 2.13. The molecule has 1 heterocycles. The monoisotopic (exact) mass is 284 g/mol. The molecule has 0 saturated heterocycles. The normalized spacial score (nSPS) is 10.6. The molecular weight excluding hydrogens is 268 g/mol. The molecule has 0 bridgehead atoms. The summed E-state index contributed by atoms with van der Waals surface area (Å²) in [6, 6.07) is 3.05. The van der Waals surface area contributed by atoms with Crippen LogP contribution in [-0.2, 0) is 4.79 Å². The smallest absolute Gasteiger partial charge is 0.323 e. The van der Waals surface area contributed by atoms with E-state index in [4.69, 9.17) is 16.7 Å². The van der Waals surface area contributed by atoms with Crippen molar-refractivity contribution in [3.63, 3.8) is 0 Å². The summed E-state index contributed by atoms with van der Waals surface area (Å²) in [5, 5.41) is 9.09. The number of hydrogen-bond acceptors (Lipinski definition) is 3. The van der Waals surface area contributed by atoms with Crippen molar-refractivity contribution < 1.29 is 14.7 Å². The molecule has 1 rings (SSSR count). The minimum absolute atomic E-state index is 0.182. The maximum Gasteiger partial charge on any atom is 0.323 e.